The minimum Gasteiger partial charge on any atom is -0.394 e. The first-order chi connectivity index (χ1) is 48.3. The number of ether oxygens (including phenoxy) is 6. The molecule has 0 aliphatic carbocycles. The van der Waals surface area contributed by atoms with Gasteiger partial charge >= 0.3 is 0 Å². The predicted molar refractivity (Wildman–Crippen MR) is 392 cm³/mol. The lowest BCUT2D eigenvalue weighted by Crippen LogP contribution is -2.66. The minimum atomic E-state index is -1.97. The van der Waals surface area contributed by atoms with Gasteiger partial charge in [0.15, 0.2) is 18.9 Å². The second kappa shape index (κ2) is 61.0. The summed E-state index contributed by atoms with van der Waals surface area (Å²) in [5, 5.41) is 121. The number of aliphatic hydroxyl groups is 11. The van der Waals surface area contributed by atoms with Gasteiger partial charge in [0.2, 0.25) is 5.91 Å². The Balaban J connectivity index is 1.36. The highest BCUT2D eigenvalue weighted by Crippen LogP contribution is 2.33. The molecule has 1 amide bonds. The molecule has 3 rings (SSSR count). The molecule has 12 N–H and O–H groups in total. The van der Waals surface area contributed by atoms with Crippen molar-refractivity contribution in [2.45, 2.75) is 426 Å². The Bertz CT molecular complexity index is 1980. The van der Waals surface area contributed by atoms with Gasteiger partial charge in [0.1, 0.15) is 73.2 Å². The average molecular weight is 1410 g/mol. The second-order valence-corrected chi connectivity index (χ2v) is 28.9. The molecule has 0 spiro atoms. The number of unbranched alkanes of at least 4 members (excludes halogenated alkanes) is 40. The van der Waals surface area contributed by atoms with Crippen LogP contribution in [0, 0.1) is 0 Å². The van der Waals surface area contributed by atoms with Crippen LogP contribution in [-0.4, -0.2) is 193 Å². The van der Waals surface area contributed by atoms with Crippen molar-refractivity contribution in [3.8, 4) is 0 Å². The normalized spacial score (nSPS) is 26.8. The molecular formula is C80H147NO18. The molecule has 0 saturated carbocycles. The van der Waals surface area contributed by atoms with Gasteiger partial charge in [0, 0.05) is 6.42 Å². The Hall–Kier alpha value is -2.25. The Labute approximate surface area is 599 Å². The van der Waals surface area contributed by atoms with Gasteiger partial charge in [0.05, 0.1) is 38.6 Å². The molecule has 0 aromatic carbocycles. The fourth-order valence-corrected chi connectivity index (χ4v) is 13.7. The van der Waals surface area contributed by atoms with Gasteiger partial charge in [-0.3, -0.25) is 4.79 Å². The number of aliphatic hydroxyl groups excluding tert-OH is 11. The van der Waals surface area contributed by atoms with E-state index in [0.29, 0.717) is 12.8 Å². The van der Waals surface area contributed by atoms with E-state index in [9.17, 15) is 61.0 Å². The number of carbonyl (C=O) groups is 1. The molecule has 580 valence electrons. The van der Waals surface area contributed by atoms with E-state index < -0.39 is 124 Å². The number of amides is 1. The molecule has 0 radical (unpaired) electrons. The maximum atomic E-state index is 13.5. The van der Waals surface area contributed by atoms with Gasteiger partial charge < -0.3 is 89.9 Å². The molecule has 3 aliphatic heterocycles. The van der Waals surface area contributed by atoms with Crippen molar-refractivity contribution in [1.29, 1.82) is 0 Å². The highest BCUT2D eigenvalue weighted by atomic mass is 16.8. The highest BCUT2D eigenvalue weighted by molar-refractivity contribution is 5.76. The Kier molecular flexibility index (Phi) is 56.0. The Morgan fingerprint density at radius 2 is 0.697 bits per heavy atom. The molecule has 17 atom stereocenters. The van der Waals surface area contributed by atoms with Crippen molar-refractivity contribution in [1.82, 2.24) is 5.32 Å². The minimum absolute atomic E-state index is 0.245. The van der Waals surface area contributed by atoms with Crippen LogP contribution in [0.4, 0.5) is 0 Å². The predicted octanol–water partition coefficient (Wildman–Crippen LogP) is 13.3. The molecule has 0 aromatic rings. The molecular weight excluding hydrogens is 1260 g/mol. The van der Waals surface area contributed by atoms with E-state index in [2.05, 4.69) is 67.8 Å². The fourth-order valence-electron chi connectivity index (χ4n) is 13.7. The van der Waals surface area contributed by atoms with Crippen molar-refractivity contribution in [2.24, 2.45) is 0 Å². The van der Waals surface area contributed by atoms with Crippen molar-refractivity contribution in [2.75, 3.05) is 26.4 Å². The SMILES string of the molecule is CC/C=C\C/C=C\C/C=C\C/C=C\CCCCCCCCCCCCC(=O)NC(COC1OC(CO)C(OC2OC(CO)C(OC3OC(CO)C(O)C(O)C3O)C(O)C2O)C(O)C1O)C(O)CCCCCCCCCCCCCCCCCCCCCCCCCCCCCCCCC. The Morgan fingerprint density at radius 1 is 0.374 bits per heavy atom. The summed E-state index contributed by atoms with van der Waals surface area (Å²) in [7, 11) is 0. The van der Waals surface area contributed by atoms with Gasteiger partial charge in [-0.1, -0.05) is 313 Å². The third-order valence-electron chi connectivity index (χ3n) is 20.2. The van der Waals surface area contributed by atoms with Gasteiger partial charge in [0.25, 0.3) is 0 Å². The quantitative estimate of drug-likeness (QED) is 0.0199. The van der Waals surface area contributed by atoms with Crippen molar-refractivity contribution >= 4 is 5.91 Å². The molecule has 17 unspecified atom stereocenters. The van der Waals surface area contributed by atoms with Crippen molar-refractivity contribution < 1.29 is 89.4 Å². The van der Waals surface area contributed by atoms with Crippen LogP contribution in [0.2, 0.25) is 0 Å². The zero-order chi connectivity index (χ0) is 71.8. The smallest absolute Gasteiger partial charge is 0.220 e. The molecule has 3 heterocycles. The highest BCUT2D eigenvalue weighted by Gasteiger charge is 2.54. The van der Waals surface area contributed by atoms with Crippen molar-refractivity contribution in [3.05, 3.63) is 48.6 Å². The summed E-state index contributed by atoms with van der Waals surface area (Å²) in [6.45, 7) is 1.73. The van der Waals surface area contributed by atoms with E-state index in [-0.39, 0.29) is 18.9 Å². The molecule has 3 saturated heterocycles. The summed E-state index contributed by atoms with van der Waals surface area (Å²) in [6.07, 6.45) is 49.1. The lowest BCUT2D eigenvalue weighted by molar-refractivity contribution is -0.379. The van der Waals surface area contributed by atoms with Gasteiger partial charge in [-0.15, -0.1) is 0 Å². The second-order valence-electron chi connectivity index (χ2n) is 28.9. The summed E-state index contributed by atoms with van der Waals surface area (Å²) in [4.78, 5) is 13.5. The fraction of sp³-hybridized carbons (Fsp3) is 0.887. The first-order valence-corrected chi connectivity index (χ1v) is 40.4. The molecule has 3 aliphatic rings. The van der Waals surface area contributed by atoms with Crippen LogP contribution in [0.15, 0.2) is 48.6 Å². The van der Waals surface area contributed by atoms with Gasteiger partial charge in [-0.05, 0) is 51.4 Å². The van der Waals surface area contributed by atoms with E-state index in [4.69, 9.17) is 28.4 Å². The number of carbonyl (C=O) groups excluding carboxylic acids is 1. The molecule has 99 heavy (non-hydrogen) atoms. The number of nitrogens with one attached hydrogen (secondary N) is 1. The number of hydrogen-bond donors (Lipinski definition) is 12. The van der Waals surface area contributed by atoms with Crippen molar-refractivity contribution in [3.63, 3.8) is 0 Å². The zero-order valence-corrected chi connectivity index (χ0v) is 62.0. The van der Waals surface area contributed by atoms with Gasteiger partial charge in [-0.2, -0.15) is 0 Å². The van der Waals surface area contributed by atoms with Crippen LogP contribution >= 0.6 is 0 Å². The van der Waals surface area contributed by atoms with E-state index in [1.165, 1.54) is 212 Å². The zero-order valence-electron chi connectivity index (χ0n) is 62.0. The monoisotopic (exact) mass is 1410 g/mol. The Morgan fingerprint density at radius 3 is 1.09 bits per heavy atom. The summed E-state index contributed by atoms with van der Waals surface area (Å²) in [5.41, 5.74) is 0. The first-order valence-electron chi connectivity index (χ1n) is 40.4. The first kappa shape index (κ1) is 91.0. The maximum Gasteiger partial charge on any atom is 0.220 e. The molecule has 0 aromatic heterocycles. The number of rotatable bonds is 64. The molecule has 19 heteroatoms. The summed E-state index contributed by atoms with van der Waals surface area (Å²) in [6, 6.07) is -0.893. The molecule has 19 nitrogen and oxygen atoms in total. The summed E-state index contributed by atoms with van der Waals surface area (Å²) < 4.78 is 34.5. The van der Waals surface area contributed by atoms with Crippen LogP contribution in [0.3, 0.4) is 0 Å². The van der Waals surface area contributed by atoms with E-state index in [0.717, 1.165) is 77.0 Å². The molecule has 0 bridgehead atoms. The number of allylic oxidation sites excluding steroid dienone is 8. The van der Waals surface area contributed by atoms with Crippen LogP contribution in [0.25, 0.3) is 0 Å². The van der Waals surface area contributed by atoms with E-state index >= 15 is 0 Å². The summed E-state index contributed by atoms with van der Waals surface area (Å²) >= 11 is 0. The largest absolute Gasteiger partial charge is 0.394 e. The van der Waals surface area contributed by atoms with Crippen LogP contribution in [0.1, 0.15) is 322 Å². The third kappa shape index (κ3) is 41.3. The van der Waals surface area contributed by atoms with Gasteiger partial charge in [-0.25, -0.2) is 0 Å². The van der Waals surface area contributed by atoms with Crippen LogP contribution < -0.4 is 5.32 Å². The van der Waals surface area contributed by atoms with E-state index in [1.807, 2.05) is 0 Å². The van der Waals surface area contributed by atoms with Crippen LogP contribution in [0.5, 0.6) is 0 Å². The topological polar surface area (TPSA) is 307 Å². The maximum absolute atomic E-state index is 13.5. The molecule has 3 fully saturated rings. The lowest BCUT2D eigenvalue weighted by atomic mass is 9.96. The van der Waals surface area contributed by atoms with E-state index in [1.54, 1.807) is 0 Å². The van der Waals surface area contributed by atoms with Crippen LogP contribution in [-0.2, 0) is 33.2 Å². The lowest BCUT2D eigenvalue weighted by Gasteiger charge is -2.48. The summed E-state index contributed by atoms with van der Waals surface area (Å²) in [5.74, 6) is -0.245. The standard InChI is InChI=1S/C80H147NO18/c1-3-5-7-9-11-13-15-17-19-21-23-25-27-28-29-30-31-32-33-34-36-37-39-41-43-45-47-49-51-53-55-57-64(85)63(81-68(86)58-56-54-52-50-48-46-44-42-40-38-35-26-24-22-20-18-16-14-12-10-8-6-4-2)62-94-78-74(92)71(89)76(66(60-83)96-78)99-80-75(93)72(90)77(67(61-84)97-80)98-79-73(91)70(88)69(87)65(59-82)95-79/h6,8,12,14,18,20,24,26,63-67,69-80,82-85,87-93H,3-5,7,9-11,13,15-17,19,21-23,25,27-62H2,1-2H3,(H,81,86)/b8-6-,14-12-,20-18-,26-24-. The number of hydrogen-bond acceptors (Lipinski definition) is 18. The third-order valence-corrected chi connectivity index (χ3v) is 20.2. The average Bonchev–Trinajstić information content (AvgIpc) is 0.782.